The van der Waals surface area contributed by atoms with Crippen molar-refractivity contribution in [1.29, 1.82) is 0 Å². The highest BCUT2D eigenvalue weighted by molar-refractivity contribution is 5.82. The van der Waals surface area contributed by atoms with Crippen molar-refractivity contribution in [3.63, 3.8) is 0 Å². The SMILES string of the molecule is COc1ccccc1O[C@H](C)C(=O)N1[C@H]2CC[C@@H]1c1cnc3cc(C)nn3c1C2. The Hall–Kier alpha value is -3.09. The van der Waals surface area contributed by atoms with Crippen molar-refractivity contribution in [3.8, 4) is 11.5 Å². The molecule has 4 heterocycles. The van der Waals surface area contributed by atoms with E-state index in [1.807, 2.05) is 59.8 Å². The number of hydrogen-bond donors (Lipinski definition) is 0. The molecule has 2 aliphatic rings. The standard InChI is InChI=1S/C22H24N4O3/c1-13-10-21-23-12-16-17-9-8-15(11-18(16)26(21)24-13)25(17)22(27)14(2)29-20-7-5-4-6-19(20)28-3/h4-7,10,12,14-15,17H,8-9,11H2,1-3H3/t14-,15+,17-/m1/s1. The summed E-state index contributed by atoms with van der Waals surface area (Å²) in [6, 6.07) is 9.59. The number of nitrogens with zero attached hydrogens (tertiary/aromatic N) is 4. The molecule has 0 saturated carbocycles. The summed E-state index contributed by atoms with van der Waals surface area (Å²) in [7, 11) is 1.60. The van der Waals surface area contributed by atoms with E-state index in [0.29, 0.717) is 11.5 Å². The van der Waals surface area contributed by atoms with Crippen molar-refractivity contribution in [3.05, 3.63) is 53.5 Å². The van der Waals surface area contributed by atoms with Crippen LogP contribution in [0, 0.1) is 6.92 Å². The van der Waals surface area contributed by atoms with E-state index in [0.717, 1.165) is 36.2 Å². The third-order valence-corrected chi connectivity index (χ3v) is 6.00. The second-order valence-electron chi connectivity index (χ2n) is 7.82. The van der Waals surface area contributed by atoms with Crippen LogP contribution < -0.4 is 9.47 Å². The predicted molar refractivity (Wildman–Crippen MR) is 107 cm³/mol. The lowest BCUT2D eigenvalue weighted by atomic mass is 9.98. The number of carbonyl (C=O) groups is 1. The number of hydrogen-bond acceptors (Lipinski definition) is 5. The summed E-state index contributed by atoms with van der Waals surface area (Å²) in [5.41, 5.74) is 4.11. The van der Waals surface area contributed by atoms with Gasteiger partial charge in [-0.05, 0) is 38.8 Å². The molecule has 7 nitrogen and oxygen atoms in total. The number of rotatable bonds is 4. The number of amides is 1. The lowest BCUT2D eigenvalue weighted by molar-refractivity contribution is -0.141. The first-order valence-corrected chi connectivity index (χ1v) is 10.0. The number of methoxy groups -OCH3 is 1. The van der Waals surface area contributed by atoms with Gasteiger partial charge < -0.3 is 14.4 Å². The van der Waals surface area contributed by atoms with Crippen molar-refractivity contribution < 1.29 is 14.3 Å². The highest BCUT2D eigenvalue weighted by Gasteiger charge is 2.45. The smallest absolute Gasteiger partial charge is 0.264 e. The molecule has 0 spiro atoms. The Morgan fingerprint density at radius 2 is 2.03 bits per heavy atom. The first kappa shape index (κ1) is 18.0. The highest BCUT2D eigenvalue weighted by Crippen LogP contribution is 2.44. The zero-order valence-corrected chi connectivity index (χ0v) is 16.8. The van der Waals surface area contributed by atoms with Gasteiger partial charge in [0.2, 0.25) is 0 Å². The molecule has 0 radical (unpaired) electrons. The Morgan fingerprint density at radius 1 is 1.24 bits per heavy atom. The Kier molecular flexibility index (Phi) is 4.19. The van der Waals surface area contributed by atoms with Crippen molar-refractivity contribution in [2.45, 2.75) is 51.3 Å². The zero-order valence-electron chi connectivity index (χ0n) is 16.8. The van der Waals surface area contributed by atoms with Crippen LogP contribution in [-0.4, -0.2) is 44.7 Å². The minimum absolute atomic E-state index is 0.00537. The Morgan fingerprint density at radius 3 is 2.83 bits per heavy atom. The van der Waals surface area contributed by atoms with Gasteiger partial charge in [0.15, 0.2) is 23.3 Å². The van der Waals surface area contributed by atoms with Gasteiger partial charge in [-0.3, -0.25) is 4.79 Å². The van der Waals surface area contributed by atoms with Crippen LogP contribution in [0.25, 0.3) is 5.65 Å². The molecular formula is C22H24N4O3. The molecule has 1 aromatic carbocycles. The number of benzene rings is 1. The fourth-order valence-electron chi connectivity index (χ4n) is 4.70. The summed E-state index contributed by atoms with van der Waals surface area (Å²) >= 11 is 0. The lowest BCUT2D eigenvalue weighted by Crippen LogP contribution is -2.47. The summed E-state index contributed by atoms with van der Waals surface area (Å²) in [5, 5.41) is 4.62. The maximum atomic E-state index is 13.4. The first-order chi connectivity index (χ1) is 14.1. The second-order valence-corrected chi connectivity index (χ2v) is 7.82. The van der Waals surface area contributed by atoms with Gasteiger partial charge in [-0.2, -0.15) is 5.10 Å². The minimum atomic E-state index is -0.598. The fraction of sp³-hybridized carbons (Fsp3) is 0.409. The highest BCUT2D eigenvalue weighted by atomic mass is 16.5. The number of aryl methyl sites for hydroxylation is 1. The number of carbonyl (C=O) groups excluding carboxylic acids is 1. The summed E-state index contributed by atoms with van der Waals surface area (Å²) in [6.07, 6.45) is 4.04. The molecule has 3 atom stereocenters. The molecule has 29 heavy (non-hydrogen) atoms. The Balaban J connectivity index is 1.43. The van der Waals surface area contributed by atoms with Crippen molar-refractivity contribution in [1.82, 2.24) is 19.5 Å². The van der Waals surface area contributed by atoms with Gasteiger partial charge in [-0.15, -0.1) is 0 Å². The van der Waals surface area contributed by atoms with Crippen LogP contribution in [0.2, 0.25) is 0 Å². The largest absolute Gasteiger partial charge is 0.493 e. The average Bonchev–Trinajstić information content (AvgIpc) is 3.26. The third-order valence-electron chi connectivity index (χ3n) is 6.00. The van der Waals surface area contributed by atoms with Crippen LogP contribution in [0.5, 0.6) is 11.5 Å². The summed E-state index contributed by atoms with van der Waals surface area (Å²) in [4.78, 5) is 19.9. The number of aromatic nitrogens is 3. The van der Waals surface area contributed by atoms with Gasteiger partial charge in [0.1, 0.15) is 0 Å². The van der Waals surface area contributed by atoms with Crippen LogP contribution in [0.3, 0.4) is 0 Å². The molecule has 0 aliphatic carbocycles. The summed E-state index contributed by atoms with van der Waals surface area (Å²) < 4.78 is 13.3. The molecule has 1 fully saturated rings. The number of fused-ring (bicyclic) bond motifs is 6. The van der Waals surface area contributed by atoms with Gasteiger partial charge in [-0.1, -0.05) is 12.1 Å². The van der Waals surface area contributed by atoms with Crippen molar-refractivity contribution >= 4 is 11.6 Å². The third kappa shape index (κ3) is 2.84. The van der Waals surface area contributed by atoms with E-state index in [1.54, 1.807) is 7.11 Å². The van der Waals surface area contributed by atoms with E-state index < -0.39 is 6.10 Å². The quantitative estimate of drug-likeness (QED) is 0.682. The molecule has 2 aliphatic heterocycles. The molecule has 0 N–H and O–H groups in total. The predicted octanol–water partition coefficient (Wildman–Crippen LogP) is 3.10. The number of para-hydroxylation sites is 2. The van der Waals surface area contributed by atoms with Gasteiger partial charge in [-0.25, -0.2) is 9.50 Å². The van der Waals surface area contributed by atoms with Crippen molar-refractivity contribution in [2.24, 2.45) is 0 Å². The molecule has 2 aromatic heterocycles. The molecule has 1 amide bonds. The average molecular weight is 392 g/mol. The van der Waals surface area contributed by atoms with Crippen LogP contribution in [-0.2, 0) is 11.2 Å². The van der Waals surface area contributed by atoms with Crippen LogP contribution in [0.1, 0.15) is 42.8 Å². The van der Waals surface area contributed by atoms with Crippen LogP contribution in [0.4, 0.5) is 0 Å². The fourth-order valence-corrected chi connectivity index (χ4v) is 4.70. The normalized spacial score (nSPS) is 21.1. The van der Waals surface area contributed by atoms with E-state index in [1.165, 1.54) is 5.69 Å². The molecular weight excluding hydrogens is 368 g/mol. The first-order valence-electron chi connectivity index (χ1n) is 10.0. The molecule has 1 saturated heterocycles. The van der Waals surface area contributed by atoms with Gasteiger partial charge >= 0.3 is 0 Å². The molecule has 2 bridgehead atoms. The maximum absolute atomic E-state index is 13.4. The second kappa shape index (κ2) is 6.76. The van der Waals surface area contributed by atoms with Crippen LogP contribution >= 0.6 is 0 Å². The number of ether oxygens (including phenoxy) is 2. The molecule has 150 valence electrons. The summed E-state index contributed by atoms with van der Waals surface area (Å²) in [6.45, 7) is 3.78. The zero-order chi connectivity index (χ0) is 20.1. The van der Waals surface area contributed by atoms with E-state index in [4.69, 9.17) is 9.47 Å². The van der Waals surface area contributed by atoms with E-state index in [9.17, 15) is 4.79 Å². The van der Waals surface area contributed by atoms with Gasteiger partial charge in [0.05, 0.1) is 24.5 Å². The van der Waals surface area contributed by atoms with E-state index in [2.05, 4.69) is 10.1 Å². The van der Waals surface area contributed by atoms with Gasteiger partial charge in [0.25, 0.3) is 5.91 Å². The van der Waals surface area contributed by atoms with E-state index in [-0.39, 0.29) is 18.0 Å². The Bertz CT molecular complexity index is 1090. The summed E-state index contributed by atoms with van der Waals surface area (Å²) in [5.74, 6) is 1.21. The molecule has 7 heteroatoms. The topological polar surface area (TPSA) is 69.0 Å². The molecule has 3 aromatic rings. The van der Waals surface area contributed by atoms with E-state index >= 15 is 0 Å². The van der Waals surface area contributed by atoms with Crippen molar-refractivity contribution in [2.75, 3.05) is 7.11 Å². The molecule has 0 unspecified atom stereocenters. The van der Waals surface area contributed by atoms with Crippen LogP contribution in [0.15, 0.2) is 36.5 Å². The monoisotopic (exact) mass is 392 g/mol. The maximum Gasteiger partial charge on any atom is 0.264 e. The minimum Gasteiger partial charge on any atom is -0.493 e. The molecule has 5 rings (SSSR count). The van der Waals surface area contributed by atoms with Gasteiger partial charge in [0, 0.05) is 30.3 Å². The Labute approximate surface area is 169 Å². The lowest BCUT2D eigenvalue weighted by Gasteiger charge is -2.37.